The number of fused-ring (bicyclic) bond motifs is 1. The third kappa shape index (κ3) is 3.27. The lowest BCUT2D eigenvalue weighted by molar-refractivity contribution is 0.413. The molecule has 0 spiro atoms. The monoisotopic (exact) mass is 360 g/mol. The van der Waals surface area contributed by atoms with Crippen molar-refractivity contribution >= 4 is 22.8 Å². The van der Waals surface area contributed by atoms with Crippen LogP contribution in [0.5, 0.6) is 5.75 Å². The average molecular weight is 360 g/mol. The highest BCUT2D eigenvalue weighted by molar-refractivity contribution is 5.75. The van der Waals surface area contributed by atoms with Crippen molar-refractivity contribution in [2.45, 2.75) is 0 Å². The quantitative estimate of drug-likeness (QED) is 0.586. The van der Waals surface area contributed by atoms with E-state index in [1.54, 1.807) is 25.7 Å². The highest BCUT2D eigenvalue weighted by Crippen LogP contribution is 2.27. The van der Waals surface area contributed by atoms with Gasteiger partial charge < -0.3 is 15.0 Å². The molecule has 4 rings (SSSR count). The molecule has 0 amide bonds. The van der Waals surface area contributed by atoms with E-state index in [1.165, 1.54) is 0 Å². The van der Waals surface area contributed by atoms with Gasteiger partial charge in [-0.25, -0.2) is 9.97 Å². The summed E-state index contributed by atoms with van der Waals surface area (Å²) in [5.74, 6) is 1.39. The van der Waals surface area contributed by atoms with Crippen molar-refractivity contribution in [1.29, 1.82) is 0 Å². The Balaban J connectivity index is 1.74. The molecule has 1 N–H and O–H groups in total. The van der Waals surface area contributed by atoms with Gasteiger partial charge in [-0.15, -0.1) is 0 Å². The molecular formula is C20H20N6O. The smallest absolute Gasteiger partial charge is 0.180 e. The first-order valence-electron chi connectivity index (χ1n) is 8.51. The Kier molecular flexibility index (Phi) is 4.33. The summed E-state index contributed by atoms with van der Waals surface area (Å²) in [5, 5.41) is 3.37. The summed E-state index contributed by atoms with van der Waals surface area (Å²) in [6.07, 6.45) is 8.94. The zero-order chi connectivity index (χ0) is 18.8. The minimum Gasteiger partial charge on any atom is -0.495 e. The molecule has 3 heterocycles. The van der Waals surface area contributed by atoms with E-state index in [1.807, 2.05) is 49.1 Å². The van der Waals surface area contributed by atoms with Crippen LogP contribution in [0.1, 0.15) is 0 Å². The summed E-state index contributed by atoms with van der Waals surface area (Å²) < 4.78 is 7.27. The third-order valence-electron chi connectivity index (χ3n) is 4.30. The van der Waals surface area contributed by atoms with Crippen LogP contribution in [0.2, 0.25) is 0 Å². The largest absolute Gasteiger partial charge is 0.495 e. The molecule has 1 aromatic carbocycles. The third-order valence-corrected chi connectivity index (χ3v) is 4.30. The second kappa shape index (κ2) is 6.95. The van der Waals surface area contributed by atoms with Gasteiger partial charge in [-0.3, -0.25) is 9.38 Å². The Morgan fingerprint density at radius 1 is 1.07 bits per heavy atom. The number of methoxy groups -OCH3 is 1. The fourth-order valence-corrected chi connectivity index (χ4v) is 2.89. The van der Waals surface area contributed by atoms with Gasteiger partial charge in [0, 0.05) is 49.6 Å². The second-order valence-corrected chi connectivity index (χ2v) is 6.30. The first-order chi connectivity index (χ1) is 13.2. The number of nitrogens with one attached hydrogen (secondary N) is 1. The highest BCUT2D eigenvalue weighted by Gasteiger charge is 2.11. The molecule has 0 bridgehead atoms. The van der Waals surface area contributed by atoms with Gasteiger partial charge in [0.05, 0.1) is 25.2 Å². The minimum absolute atomic E-state index is 0.690. The van der Waals surface area contributed by atoms with Crippen LogP contribution in [-0.4, -0.2) is 40.6 Å². The number of aromatic nitrogens is 4. The molecule has 0 saturated heterocycles. The van der Waals surface area contributed by atoms with E-state index in [0.29, 0.717) is 11.6 Å². The summed E-state index contributed by atoms with van der Waals surface area (Å²) in [5.41, 5.74) is 4.60. The number of anilines is 3. The Morgan fingerprint density at radius 3 is 2.78 bits per heavy atom. The van der Waals surface area contributed by atoms with Crippen LogP contribution < -0.4 is 15.0 Å². The van der Waals surface area contributed by atoms with Crippen molar-refractivity contribution in [3.05, 3.63) is 61.3 Å². The van der Waals surface area contributed by atoms with Gasteiger partial charge in [0.1, 0.15) is 5.75 Å². The average Bonchev–Trinajstić information content (AvgIpc) is 3.19. The fraction of sp³-hybridized carbons (Fsp3) is 0.150. The van der Waals surface area contributed by atoms with Crippen LogP contribution in [-0.2, 0) is 0 Å². The molecule has 4 aromatic rings. The van der Waals surface area contributed by atoms with E-state index in [0.717, 1.165) is 28.3 Å². The van der Waals surface area contributed by atoms with E-state index in [9.17, 15) is 0 Å². The van der Waals surface area contributed by atoms with Crippen molar-refractivity contribution in [2.75, 3.05) is 31.4 Å². The molecule has 0 aliphatic carbocycles. The van der Waals surface area contributed by atoms with Gasteiger partial charge in [-0.05, 0) is 24.3 Å². The molecule has 0 aliphatic rings. The standard InChI is InChI=1S/C20H20N6O/c1-25(2)16-6-4-5-15(10-16)24-19-20-22-7-8-26(20)18(13-23-19)14-9-17(27-3)12-21-11-14/h4-13H,1-3H3,(H,23,24). The van der Waals surface area contributed by atoms with Gasteiger partial charge in [-0.2, -0.15) is 0 Å². The maximum atomic E-state index is 5.28. The summed E-state index contributed by atoms with van der Waals surface area (Å²) in [6.45, 7) is 0. The van der Waals surface area contributed by atoms with E-state index in [2.05, 4.69) is 37.3 Å². The lowest BCUT2D eigenvalue weighted by atomic mass is 10.2. The van der Waals surface area contributed by atoms with Crippen LogP contribution in [0.4, 0.5) is 17.2 Å². The van der Waals surface area contributed by atoms with Gasteiger partial charge in [-0.1, -0.05) is 6.07 Å². The fourth-order valence-electron chi connectivity index (χ4n) is 2.89. The summed E-state index contributed by atoms with van der Waals surface area (Å²) >= 11 is 0. The Morgan fingerprint density at radius 2 is 1.96 bits per heavy atom. The molecule has 0 saturated carbocycles. The lowest BCUT2D eigenvalue weighted by Crippen LogP contribution is -2.08. The maximum Gasteiger partial charge on any atom is 0.180 e. The van der Waals surface area contributed by atoms with E-state index in [-0.39, 0.29) is 0 Å². The molecular weight excluding hydrogens is 340 g/mol. The number of rotatable bonds is 5. The van der Waals surface area contributed by atoms with Gasteiger partial charge in [0.15, 0.2) is 11.5 Å². The van der Waals surface area contributed by atoms with Crippen LogP contribution >= 0.6 is 0 Å². The molecule has 136 valence electrons. The predicted octanol–water partition coefficient (Wildman–Crippen LogP) is 3.61. The maximum absolute atomic E-state index is 5.28. The molecule has 27 heavy (non-hydrogen) atoms. The lowest BCUT2D eigenvalue weighted by Gasteiger charge is -2.15. The molecule has 0 radical (unpaired) electrons. The number of nitrogens with zero attached hydrogens (tertiary/aromatic N) is 5. The van der Waals surface area contributed by atoms with Crippen LogP contribution in [0.3, 0.4) is 0 Å². The second-order valence-electron chi connectivity index (χ2n) is 6.30. The molecule has 7 nitrogen and oxygen atoms in total. The van der Waals surface area contributed by atoms with Crippen LogP contribution in [0.15, 0.2) is 61.3 Å². The van der Waals surface area contributed by atoms with Gasteiger partial charge in [0.2, 0.25) is 0 Å². The number of imidazole rings is 1. The zero-order valence-corrected chi connectivity index (χ0v) is 15.4. The normalized spacial score (nSPS) is 10.8. The molecule has 0 fully saturated rings. The number of hydrogen-bond acceptors (Lipinski definition) is 6. The van der Waals surface area contributed by atoms with Crippen molar-refractivity contribution in [3.63, 3.8) is 0 Å². The number of pyridine rings is 1. The first kappa shape index (κ1) is 16.8. The van der Waals surface area contributed by atoms with E-state index in [4.69, 9.17) is 4.74 Å². The SMILES string of the molecule is COc1cncc(-c2cnc(Nc3cccc(N(C)C)c3)c3nccn23)c1. The minimum atomic E-state index is 0.690. The number of hydrogen-bond donors (Lipinski definition) is 1. The Bertz CT molecular complexity index is 1090. The Labute approximate surface area is 157 Å². The zero-order valence-electron chi connectivity index (χ0n) is 15.4. The molecule has 0 atom stereocenters. The predicted molar refractivity (Wildman–Crippen MR) is 107 cm³/mol. The molecule has 3 aromatic heterocycles. The Hall–Kier alpha value is -3.61. The number of benzene rings is 1. The van der Waals surface area contributed by atoms with E-state index >= 15 is 0 Å². The van der Waals surface area contributed by atoms with Crippen molar-refractivity contribution in [3.8, 4) is 17.0 Å². The summed E-state index contributed by atoms with van der Waals surface area (Å²) in [6, 6.07) is 10.1. The van der Waals surface area contributed by atoms with Crippen LogP contribution in [0.25, 0.3) is 16.9 Å². The van der Waals surface area contributed by atoms with Gasteiger partial charge in [0.25, 0.3) is 0 Å². The molecule has 0 unspecified atom stereocenters. The number of ether oxygens (including phenoxy) is 1. The first-order valence-corrected chi connectivity index (χ1v) is 8.51. The van der Waals surface area contributed by atoms with Gasteiger partial charge >= 0.3 is 0 Å². The van der Waals surface area contributed by atoms with Crippen molar-refractivity contribution < 1.29 is 4.74 Å². The molecule has 7 heteroatoms. The van der Waals surface area contributed by atoms with Crippen molar-refractivity contribution in [1.82, 2.24) is 19.4 Å². The molecule has 0 aliphatic heterocycles. The summed E-state index contributed by atoms with van der Waals surface area (Å²) in [7, 11) is 5.66. The van der Waals surface area contributed by atoms with E-state index < -0.39 is 0 Å². The van der Waals surface area contributed by atoms with Crippen molar-refractivity contribution in [2.24, 2.45) is 0 Å². The topological polar surface area (TPSA) is 67.6 Å². The van der Waals surface area contributed by atoms with Crippen LogP contribution in [0, 0.1) is 0 Å². The summed E-state index contributed by atoms with van der Waals surface area (Å²) in [4.78, 5) is 15.4. The highest BCUT2D eigenvalue weighted by atomic mass is 16.5.